The number of benzene rings is 2. The standard InChI is InChI=1S/C32H48NO4P.Na/c1-32(2,3)17-7-9-26-13-14-28(36-4)21-31(26)33-18-15-24(16-19-33)22-37-29-10-6-8-27(20-29)30(25-11-12-25)23-38(5,34)35;/h6,8,10,13-14,20-21,24-25,30H,7,9,11-12,15-19,22-23H2,1-5H3,(H,34,35);/q;+1/p-1/t30-;/m0./s1. The van der Waals surface area contributed by atoms with Gasteiger partial charge in [0, 0.05) is 32.2 Å². The van der Waals surface area contributed by atoms with Crippen LogP contribution < -0.4 is 48.8 Å². The second-order valence-electron chi connectivity index (χ2n) is 12.9. The molecule has 1 saturated heterocycles. The molecule has 0 spiro atoms. The van der Waals surface area contributed by atoms with Crippen molar-refractivity contribution in [2.24, 2.45) is 17.3 Å². The van der Waals surface area contributed by atoms with E-state index in [9.17, 15) is 9.46 Å². The summed E-state index contributed by atoms with van der Waals surface area (Å²) in [4.78, 5) is 14.6. The molecule has 2 fully saturated rings. The Bertz CT molecular complexity index is 1100. The first-order chi connectivity index (χ1) is 18.0. The molecule has 0 bridgehead atoms. The number of piperidine rings is 1. The van der Waals surface area contributed by atoms with Crippen molar-refractivity contribution in [3.05, 3.63) is 53.6 Å². The Hall–Kier alpha value is -0.970. The molecular formula is C32H47NNaO4P. The molecule has 4 rings (SSSR count). The van der Waals surface area contributed by atoms with Gasteiger partial charge >= 0.3 is 29.6 Å². The van der Waals surface area contributed by atoms with Crippen molar-refractivity contribution in [1.29, 1.82) is 0 Å². The zero-order chi connectivity index (χ0) is 27.3. The van der Waals surface area contributed by atoms with Crippen LogP contribution >= 0.6 is 7.37 Å². The molecule has 1 unspecified atom stereocenters. The summed E-state index contributed by atoms with van der Waals surface area (Å²) < 4.78 is 23.9. The van der Waals surface area contributed by atoms with Gasteiger partial charge in [0.05, 0.1) is 13.7 Å². The van der Waals surface area contributed by atoms with Crippen LogP contribution in [0, 0.1) is 17.3 Å². The van der Waals surface area contributed by atoms with E-state index in [1.54, 1.807) is 7.11 Å². The zero-order valence-corrected chi connectivity index (χ0v) is 28.0. The van der Waals surface area contributed by atoms with Crippen molar-refractivity contribution in [3.63, 3.8) is 0 Å². The van der Waals surface area contributed by atoms with Gasteiger partial charge in [-0.15, -0.1) is 0 Å². The van der Waals surface area contributed by atoms with Crippen LogP contribution in [-0.2, 0) is 11.0 Å². The number of aryl methyl sites for hydroxylation is 1. The molecule has 0 amide bonds. The van der Waals surface area contributed by atoms with E-state index in [0.717, 1.165) is 62.3 Å². The van der Waals surface area contributed by atoms with Crippen molar-refractivity contribution >= 4 is 13.1 Å². The minimum Gasteiger partial charge on any atom is -0.799 e. The summed E-state index contributed by atoms with van der Waals surface area (Å²) in [5.41, 5.74) is 4.21. The SMILES string of the molecule is COc1ccc(CCCC(C)(C)C)c(N2CCC(COc3cccc([C@@H](CP(C)(=O)[O-])C4CC4)c3)CC2)c1.[Na+]. The largest absolute Gasteiger partial charge is 1.00 e. The van der Waals surface area contributed by atoms with Gasteiger partial charge in [-0.1, -0.05) is 39.0 Å². The molecule has 1 heterocycles. The Kier molecular flexibility index (Phi) is 11.9. The maximum absolute atomic E-state index is 12.0. The van der Waals surface area contributed by atoms with Gasteiger partial charge < -0.3 is 23.8 Å². The van der Waals surface area contributed by atoms with Gasteiger partial charge in [-0.25, -0.2) is 0 Å². The van der Waals surface area contributed by atoms with Crippen LogP contribution in [0.2, 0.25) is 0 Å². The van der Waals surface area contributed by atoms with E-state index in [0.29, 0.717) is 23.9 Å². The van der Waals surface area contributed by atoms with Crippen molar-refractivity contribution in [1.82, 2.24) is 0 Å². The molecule has 2 aliphatic rings. The van der Waals surface area contributed by atoms with E-state index in [-0.39, 0.29) is 41.6 Å². The van der Waals surface area contributed by atoms with E-state index in [4.69, 9.17) is 9.47 Å². The van der Waals surface area contributed by atoms with Gasteiger partial charge in [-0.2, -0.15) is 0 Å². The molecule has 2 aromatic carbocycles. The van der Waals surface area contributed by atoms with Crippen molar-refractivity contribution in [2.75, 3.05) is 44.5 Å². The predicted molar refractivity (Wildman–Crippen MR) is 156 cm³/mol. The Morgan fingerprint density at radius 1 is 1.05 bits per heavy atom. The Morgan fingerprint density at radius 3 is 2.38 bits per heavy atom. The van der Waals surface area contributed by atoms with Crippen LogP contribution in [0.3, 0.4) is 0 Å². The quantitative estimate of drug-likeness (QED) is 0.287. The van der Waals surface area contributed by atoms with Crippen LogP contribution in [0.15, 0.2) is 42.5 Å². The fourth-order valence-corrected chi connectivity index (χ4v) is 6.98. The first-order valence-electron chi connectivity index (χ1n) is 14.4. The fraction of sp³-hybridized carbons (Fsp3) is 0.625. The first kappa shape index (κ1) is 32.5. The summed E-state index contributed by atoms with van der Waals surface area (Å²) >= 11 is 0. The molecule has 2 aromatic rings. The third-order valence-corrected chi connectivity index (χ3v) is 9.17. The maximum Gasteiger partial charge on any atom is 1.00 e. The number of anilines is 1. The molecule has 1 aliphatic carbocycles. The average molecular weight is 564 g/mol. The summed E-state index contributed by atoms with van der Waals surface area (Å²) in [5.74, 6) is 2.89. The molecule has 5 nitrogen and oxygen atoms in total. The number of ether oxygens (including phenoxy) is 2. The number of rotatable bonds is 12. The second kappa shape index (κ2) is 14.3. The molecule has 0 N–H and O–H groups in total. The first-order valence-corrected chi connectivity index (χ1v) is 16.7. The Labute approximate surface area is 258 Å². The molecular weight excluding hydrogens is 516 g/mol. The third kappa shape index (κ3) is 10.4. The van der Waals surface area contributed by atoms with Gasteiger partial charge in [-0.3, -0.25) is 0 Å². The number of methoxy groups -OCH3 is 1. The molecule has 0 radical (unpaired) electrons. The predicted octanol–water partition coefficient (Wildman–Crippen LogP) is 4.13. The second-order valence-corrected chi connectivity index (χ2v) is 15.3. The summed E-state index contributed by atoms with van der Waals surface area (Å²) in [6.45, 7) is 11.1. The monoisotopic (exact) mass is 563 g/mol. The molecule has 1 aliphatic heterocycles. The average Bonchev–Trinajstić information content (AvgIpc) is 3.71. The minimum absolute atomic E-state index is 0. The van der Waals surface area contributed by atoms with E-state index in [1.165, 1.54) is 30.8 Å². The fourth-order valence-electron chi connectivity index (χ4n) is 5.76. The summed E-state index contributed by atoms with van der Waals surface area (Å²) in [7, 11) is -1.57. The summed E-state index contributed by atoms with van der Waals surface area (Å²) in [5, 5.41) is 0. The zero-order valence-electron chi connectivity index (χ0n) is 25.1. The molecule has 7 heteroatoms. The van der Waals surface area contributed by atoms with Crippen molar-refractivity contribution < 1.29 is 48.5 Å². The van der Waals surface area contributed by atoms with Crippen LogP contribution in [0.1, 0.15) is 76.3 Å². The number of hydrogen-bond acceptors (Lipinski definition) is 5. The molecule has 210 valence electrons. The molecule has 1 saturated carbocycles. The van der Waals surface area contributed by atoms with Crippen LogP contribution in [0.25, 0.3) is 0 Å². The van der Waals surface area contributed by atoms with Crippen LogP contribution in [0.5, 0.6) is 11.5 Å². The van der Waals surface area contributed by atoms with Crippen LogP contribution in [-0.4, -0.2) is 39.6 Å². The molecule has 2 atom stereocenters. The third-order valence-electron chi connectivity index (χ3n) is 8.11. The summed E-state index contributed by atoms with van der Waals surface area (Å²) in [6, 6.07) is 14.7. The molecule has 0 aromatic heterocycles. The van der Waals surface area contributed by atoms with E-state index >= 15 is 0 Å². The topological polar surface area (TPSA) is 61.8 Å². The number of hydrogen-bond donors (Lipinski definition) is 0. The van der Waals surface area contributed by atoms with E-state index < -0.39 is 7.37 Å². The van der Waals surface area contributed by atoms with E-state index in [2.05, 4.69) is 56.0 Å². The Balaban J connectivity index is 0.00000420. The Morgan fingerprint density at radius 2 is 1.77 bits per heavy atom. The van der Waals surface area contributed by atoms with Gasteiger partial charge in [0.15, 0.2) is 0 Å². The molecule has 39 heavy (non-hydrogen) atoms. The minimum atomic E-state index is -3.31. The number of nitrogens with zero attached hydrogens (tertiary/aromatic N) is 1. The van der Waals surface area contributed by atoms with Crippen molar-refractivity contribution in [2.45, 2.75) is 71.6 Å². The van der Waals surface area contributed by atoms with Gasteiger partial charge in [-0.05, 0) is 110 Å². The van der Waals surface area contributed by atoms with Gasteiger partial charge in [0.25, 0.3) is 0 Å². The van der Waals surface area contributed by atoms with E-state index in [1.807, 2.05) is 12.1 Å². The maximum atomic E-state index is 12.0. The van der Waals surface area contributed by atoms with Gasteiger partial charge in [0.1, 0.15) is 11.5 Å². The van der Waals surface area contributed by atoms with Gasteiger partial charge in [0.2, 0.25) is 0 Å². The smallest absolute Gasteiger partial charge is 0.799 e. The summed E-state index contributed by atoms with van der Waals surface area (Å²) in [6.07, 6.45) is 8.20. The van der Waals surface area contributed by atoms with Crippen LogP contribution in [0.4, 0.5) is 5.69 Å². The van der Waals surface area contributed by atoms with Crippen molar-refractivity contribution in [3.8, 4) is 11.5 Å². The normalized spacial score (nSPS) is 18.7.